The molecule has 0 unspecified atom stereocenters. The van der Waals surface area contributed by atoms with E-state index >= 15 is 0 Å². The van der Waals surface area contributed by atoms with Gasteiger partial charge in [0, 0.05) is 12.5 Å². The number of primary amides is 1. The largest absolute Gasteiger partial charge is 0.457 e. The highest BCUT2D eigenvalue weighted by atomic mass is 16.6. The van der Waals surface area contributed by atoms with Crippen LogP contribution in [0.15, 0.2) is 12.2 Å². The summed E-state index contributed by atoms with van der Waals surface area (Å²) in [5, 5.41) is 0. The Morgan fingerprint density at radius 3 is 2.35 bits per heavy atom. The SMILES string of the molecule is CCC[C@@H](C)[C@H](C/C=C/C(=O)OC(C)(C)C)OC(N)=O. The van der Waals surface area contributed by atoms with Crippen LogP contribution >= 0.6 is 0 Å². The second-order valence-corrected chi connectivity index (χ2v) is 5.91. The minimum atomic E-state index is -0.788. The highest BCUT2D eigenvalue weighted by Crippen LogP contribution is 2.18. The summed E-state index contributed by atoms with van der Waals surface area (Å²) in [7, 11) is 0. The quantitative estimate of drug-likeness (QED) is 0.575. The average molecular weight is 285 g/mol. The third kappa shape index (κ3) is 9.42. The van der Waals surface area contributed by atoms with Crippen molar-refractivity contribution in [3.8, 4) is 0 Å². The maximum Gasteiger partial charge on any atom is 0.404 e. The van der Waals surface area contributed by atoms with Crippen molar-refractivity contribution in [1.82, 2.24) is 0 Å². The van der Waals surface area contributed by atoms with E-state index in [4.69, 9.17) is 15.2 Å². The zero-order chi connectivity index (χ0) is 15.8. The van der Waals surface area contributed by atoms with Crippen LogP contribution in [-0.2, 0) is 14.3 Å². The molecule has 0 saturated heterocycles. The van der Waals surface area contributed by atoms with Crippen molar-refractivity contribution in [1.29, 1.82) is 0 Å². The number of rotatable bonds is 7. The van der Waals surface area contributed by atoms with Crippen molar-refractivity contribution in [2.45, 2.75) is 65.6 Å². The van der Waals surface area contributed by atoms with E-state index in [2.05, 4.69) is 6.92 Å². The van der Waals surface area contributed by atoms with Crippen LogP contribution in [0.2, 0.25) is 0 Å². The molecule has 0 spiro atoms. The number of carbonyl (C=O) groups excluding carboxylic acids is 2. The van der Waals surface area contributed by atoms with Crippen molar-refractivity contribution < 1.29 is 19.1 Å². The van der Waals surface area contributed by atoms with Gasteiger partial charge in [-0.3, -0.25) is 0 Å². The molecule has 0 saturated carbocycles. The maximum atomic E-state index is 11.5. The van der Waals surface area contributed by atoms with Crippen molar-refractivity contribution in [2.24, 2.45) is 11.7 Å². The fraction of sp³-hybridized carbons (Fsp3) is 0.733. The average Bonchev–Trinajstić information content (AvgIpc) is 2.24. The van der Waals surface area contributed by atoms with E-state index in [-0.39, 0.29) is 12.0 Å². The summed E-state index contributed by atoms with van der Waals surface area (Å²) in [6.45, 7) is 9.48. The summed E-state index contributed by atoms with van der Waals surface area (Å²) in [4.78, 5) is 22.4. The van der Waals surface area contributed by atoms with Crippen molar-refractivity contribution in [3.63, 3.8) is 0 Å². The van der Waals surface area contributed by atoms with Crippen molar-refractivity contribution >= 4 is 12.1 Å². The molecule has 20 heavy (non-hydrogen) atoms. The fourth-order valence-electron chi connectivity index (χ4n) is 1.82. The summed E-state index contributed by atoms with van der Waals surface area (Å²) in [6, 6.07) is 0. The molecule has 0 aromatic rings. The van der Waals surface area contributed by atoms with Gasteiger partial charge in [-0.2, -0.15) is 0 Å². The molecule has 0 heterocycles. The summed E-state index contributed by atoms with van der Waals surface area (Å²) in [6.07, 6.45) is 4.29. The Bertz CT molecular complexity index is 344. The van der Waals surface area contributed by atoms with Crippen molar-refractivity contribution in [2.75, 3.05) is 0 Å². The van der Waals surface area contributed by atoms with Gasteiger partial charge in [-0.05, 0) is 33.1 Å². The smallest absolute Gasteiger partial charge is 0.404 e. The van der Waals surface area contributed by atoms with E-state index in [1.54, 1.807) is 26.8 Å². The van der Waals surface area contributed by atoms with Gasteiger partial charge in [0.15, 0.2) is 0 Å². The molecular formula is C15H27NO4. The molecule has 2 atom stereocenters. The van der Waals surface area contributed by atoms with E-state index in [1.807, 2.05) is 6.92 Å². The molecule has 0 bridgehead atoms. The predicted octanol–water partition coefficient (Wildman–Crippen LogP) is 3.17. The number of hydrogen-bond donors (Lipinski definition) is 1. The van der Waals surface area contributed by atoms with Gasteiger partial charge in [0.1, 0.15) is 11.7 Å². The molecule has 5 nitrogen and oxygen atoms in total. The highest BCUT2D eigenvalue weighted by molar-refractivity contribution is 5.82. The van der Waals surface area contributed by atoms with Crippen molar-refractivity contribution in [3.05, 3.63) is 12.2 Å². The Hall–Kier alpha value is -1.52. The van der Waals surface area contributed by atoms with Crippen LogP contribution in [0.25, 0.3) is 0 Å². The molecule has 0 radical (unpaired) electrons. The van der Waals surface area contributed by atoms with Crippen LogP contribution in [0.5, 0.6) is 0 Å². The molecule has 0 aromatic carbocycles. The molecular weight excluding hydrogens is 258 g/mol. The molecule has 1 amide bonds. The molecule has 2 N–H and O–H groups in total. The van der Waals surface area contributed by atoms with Crippen LogP contribution in [-0.4, -0.2) is 23.8 Å². The van der Waals surface area contributed by atoms with Crippen LogP contribution in [0, 0.1) is 5.92 Å². The number of hydrogen-bond acceptors (Lipinski definition) is 4. The standard InChI is InChI=1S/C15H27NO4/c1-6-8-11(2)12(19-14(16)18)9-7-10-13(17)20-15(3,4)5/h7,10-12H,6,8-9H2,1-5H3,(H2,16,18)/b10-7+/t11-,12+/m1/s1. The fourth-order valence-corrected chi connectivity index (χ4v) is 1.82. The number of esters is 1. The Morgan fingerprint density at radius 1 is 1.30 bits per heavy atom. The van der Waals surface area contributed by atoms with E-state index in [1.165, 1.54) is 6.08 Å². The van der Waals surface area contributed by atoms with Gasteiger partial charge in [0.05, 0.1) is 0 Å². The summed E-state index contributed by atoms with van der Waals surface area (Å²) in [5.41, 5.74) is 4.55. The molecule has 5 heteroatoms. The normalized spacial score (nSPS) is 14.8. The zero-order valence-electron chi connectivity index (χ0n) is 13.1. The second kappa shape index (κ2) is 8.61. The van der Waals surface area contributed by atoms with E-state index in [9.17, 15) is 9.59 Å². The monoisotopic (exact) mass is 285 g/mol. The Morgan fingerprint density at radius 2 is 1.90 bits per heavy atom. The Balaban J connectivity index is 4.44. The third-order valence-corrected chi connectivity index (χ3v) is 2.68. The van der Waals surface area contributed by atoms with Gasteiger partial charge in [-0.15, -0.1) is 0 Å². The molecule has 0 aliphatic heterocycles. The number of ether oxygens (including phenoxy) is 2. The first-order valence-electron chi connectivity index (χ1n) is 7.01. The number of carbonyl (C=O) groups is 2. The maximum absolute atomic E-state index is 11.5. The van der Waals surface area contributed by atoms with E-state index in [0.29, 0.717) is 6.42 Å². The lowest BCUT2D eigenvalue weighted by molar-refractivity contribution is -0.148. The van der Waals surface area contributed by atoms with E-state index in [0.717, 1.165) is 12.8 Å². The minimum Gasteiger partial charge on any atom is -0.457 e. The first-order chi connectivity index (χ1) is 9.15. The number of nitrogens with two attached hydrogens (primary N) is 1. The Kier molecular flexibility index (Phi) is 7.96. The highest BCUT2D eigenvalue weighted by Gasteiger charge is 2.19. The minimum absolute atomic E-state index is 0.191. The lowest BCUT2D eigenvalue weighted by atomic mass is 9.96. The number of amides is 1. The molecule has 116 valence electrons. The lowest BCUT2D eigenvalue weighted by Crippen LogP contribution is -2.28. The van der Waals surface area contributed by atoms with Gasteiger partial charge in [0.25, 0.3) is 0 Å². The molecule has 0 rings (SSSR count). The molecule has 0 aliphatic carbocycles. The third-order valence-electron chi connectivity index (χ3n) is 2.68. The predicted molar refractivity (Wildman–Crippen MR) is 78.1 cm³/mol. The summed E-state index contributed by atoms with van der Waals surface area (Å²) < 4.78 is 10.2. The lowest BCUT2D eigenvalue weighted by Gasteiger charge is -2.22. The topological polar surface area (TPSA) is 78.6 Å². The second-order valence-electron chi connectivity index (χ2n) is 5.91. The van der Waals surface area contributed by atoms with Gasteiger partial charge < -0.3 is 15.2 Å². The summed E-state index contributed by atoms with van der Waals surface area (Å²) in [5.74, 6) is -0.214. The van der Waals surface area contributed by atoms with E-state index < -0.39 is 17.7 Å². The van der Waals surface area contributed by atoms with Gasteiger partial charge in [0.2, 0.25) is 0 Å². The summed E-state index contributed by atoms with van der Waals surface area (Å²) >= 11 is 0. The first kappa shape index (κ1) is 18.5. The van der Waals surface area contributed by atoms with Crippen LogP contribution < -0.4 is 5.73 Å². The van der Waals surface area contributed by atoms with Crippen LogP contribution in [0.3, 0.4) is 0 Å². The zero-order valence-corrected chi connectivity index (χ0v) is 13.1. The molecule has 0 fully saturated rings. The van der Waals surface area contributed by atoms with Crippen LogP contribution in [0.4, 0.5) is 4.79 Å². The van der Waals surface area contributed by atoms with Gasteiger partial charge in [-0.1, -0.05) is 26.3 Å². The molecule has 0 aliphatic rings. The molecule has 0 aromatic heterocycles. The Labute approximate surface area is 121 Å². The van der Waals surface area contributed by atoms with Crippen LogP contribution in [0.1, 0.15) is 53.9 Å². The van der Waals surface area contributed by atoms with Gasteiger partial charge >= 0.3 is 12.1 Å². The van der Waals surface area contributed by atoms with Gasteiger partial charge in [-0.25, -0.2) is 9.59 Å². The first-order valence-corrected chi connectivity index (χ1v) is 7.01.